The van der Waals surface area contributed by atoms with E-state index in [9.17, 15) is 14.4 Å². The highest BCUT2D eigenvalue weighted by Gasteiger charge is 2.41. The van der Waals surface area contributed by atoms with Crippen LogP contribution in [0.1, 0.15) is 32.1 Å². The number of fused-ring (bicyclic) bond motifs is 2. The summed E-state index contributed by atoms with van der Waals surface area (Å²) in [6.45, 7) is 0. The summed E-state index contributed by atoms with van der Waals surface area (Å²) < 4.78 is 15.8. The minimum absolute atomic E-state index is 0.0355. The monoisotopic (exact) mass is 431 g/mol. The Labute approximate surface area is 177 Å². The van der Waals surface area contributed by atoms with E-state index in [1.807, 2.05) is 0 Å². The lowest BCUT2D eigenvalue weighted by Crippen LogP contribution is -2.44. The van der Waals surface area contributed by atoms with E-state index in [1.165, 1.54) is 20.3 Å². The van der Waals surface area contributed by atoms with E-state index in [0.29, 0.717) is 10.7 Å². The molecule has 1 unspecified atom stereocenters. The summed E-state index contributed by atoms with van der Waals surface area (Å²) in [5, 5.41) is 4.18. The molecule has 0 spiro atoms. The van der Waals surface area contributed by atoms with Crippen molar-refractivity contribution in [3.8, 4) is 0 Å². The van der Waals surface area contributed by atoms with Crippen molar-refractivity contribution >= 4 is 45.8 Å². The number of ether oxygens (including phenoxy) is 2. The maximum absolute atomic E-state index is 13.4. The highest BCUT2D eigenvalue weighted by Crippen LogP contribution is 2.28. The number of methoxy groups -OCH3 is 2. The van der Waals surface area contributed by atoms with Gasteiger partial charge in [-0.1, -0.05) is 30.9 Å². The smallest absolute Gasteiger partial charge is 0.338 e. The molecule has 30 heavy (non-hydrogen) atoms. The van der Waals surface area contributed by atoms with E-state index in [-0.39, 0.29) is 38.6 Å². The van der Waals surface area contributed by atoms with Gasteiger partial charge in [-0.25, -0.2) is 4.79 Å². The van der Waals surface area contributed by atoms with Crippen molar-refractivity contribution in [2.24, 2.45) is 5.92 Å². The van der Waals surface area contributed by atoms with Crippen LogP contribution < -0.4 is 21.4 Å². The van der Waals surface area contributed by atoms with Crippen molar-refractivity contribution in [2.45, 2.75) is 38.1 Å². The first kappa shape index (κ1) is 20.5. The summed E-state index contributed by atoms with van der Waals surface area (Å²) in [5.41, 5.74) is 0.244. The number of carbonyl (C=O) groups excluding carboxylic acids is 2. The maximum atomic E-state index is 13.4. The van der Waals surface area contributed by atoms with Gasteiger partial charge < -0.3 is 19.2 Å². The minimum Gasteiger partial charge on any atom is -0.468 e. The summed E-state index contributed by atoms with van der Waals surface area (Å²) in [7, 11) is 2.46. The number of hydrogen-bond acceptors (Lipinski definition) is 7. The van der Waals surface area contributed by atoms with Gasteiger partial charge in [0.25, 0.3) is 0 Å². The van der Waals surface area contributed by atoms with Gasteiger partial charge >= 0.3 is 11.9 Å². The normalized spacial score (nSPS) is 19.0. The number of halogens is 1. The molecular formula is C22H22ClNO6. The molecule has 1 N–H and O–H groups in total. The standard InChI is InChI=1S/C22H22ClNO6/c1-28-21(26)15-16(22(27)29-2)20-17(18(15)24-12-6-4-3-5-7-12)19(25)13-10-11(23)8-9-14(13)30-20/h8-10,12,15,24H,3-7H2,1-2H3. The zero-order valence-corrected chi connectivity index (χ0v) is 17.5. The van der Waals surface area contributed by atoms with Crippen LogP contribution in [0.25, 0.3) is 22.2 Å². The minimum atomic E-state index is -1.12. The first-order valence-electron chi connectivity index (χ1n) is 9.89. The zero-order valence-electron chi connectivity index (χ0n) is 16.7. The second kappa shape index (κ2) is 8.14. The Morgan fingerprint density at radius 3 is 2.53 bits per heavy atom. The van der Waals surface area contributed by atoms with Gasteiger partial charge in [-0.15, -0.1) is 0 Å². The fourth-order valence-corrected chi connectivity index (χ4v) is 4.49. The van der Waals surface area contributed by atoms with Crippen molar-refractivity contribution in [2.75, 3.05) is 14.2 Å². The van der Waals surface area contributed by atoms with Crippen LogP contribution in [-0.2, 0) is 19.1 Å². The quantitative estimate of drug-likeness (QED) is 0.735. The molecule has 0 saturated heterocycles. The van der Waals surface area contributed by atoms with Crippen molar-refractivity contribution in [1.82, 2.24) is 5.32 Å². The lowest BCUT2D eigenvalue weighted by molar-refractivity contribution is -0.144. The van der Waals surface area contributed by atoms with Crippen LogP contribution in [0.15, 0.2) is 27.4 Å². The van der Waals surface area contributed by atoms with Crippen LogP contribution in [0.3, 0.4) is 0 Å². The van der Waals surface area contributed by atoms with Crippen molar-refractivity contribution in [3.63, 3.8) is 0 Å². The van der Waals surface area contributed by atoms with Crippen LogP contribution >= 0.6 is 11.6 Å². The molecule has 2 aromatic rings. The predicted molar refractivity (Wildman–Crippen MR) is 111 cm³/mol. The molecule has 158 valence electrons. The molecule has 2 aliphatic rings. The Hall–Kier alpha value is -2.80. The number of rotatable bonds is 4. The third-order valence-electron chi connectivity index (χ3n) is 5.75. The first-order chi connectivity index (χ1) is 14.5. The highest BCUT2D eigenvalue weighted by molar-refractivity contribution is 6.31. The van der Waals surface area contributed by atoms with E-state index in [1.54, 1.807) is 12.1 Å². The van der Waals surface area contributed by atoms with Crippen molar-refractivity contribution < 1.29 is 23.5 Å². The van der Waals surface area contributed by atoms with E-state index >= 15 is 0 Å². The molecule has 0 bridgehead atoms. The fraction of sp³-hybridized carbons (Fsp3) is 0.409. The van der Waals surface area contributed by atoms with Gasteiger partial charge in [-0.2, -0.15) is 0 Å². The Balaban J connectivity index is 2.07. The average Bonchev–Trinajstić information content (AvgIpc) is 3.08. The van der Waals surface area contributed by atoms with E-state index in [4.69, 9.17) is 25.5 Å². The number of nitrogens with one attached hydrogen (secondary N) is 1. The number of benzene rings is 1. The topological polar surface area (TPSA) is 94.8 Å². The van der Waals surface area contributed by atoms with Gasteiger partial charge in [0.1, 0.15) is 17.1 Å². The van der Waals surface area contributed by atoms with E-state index < -0.39 is 17.9 Å². The third kappa shape index (κ3) is 3.37. The predicted octanol–water partition coefficient (Wildman–Crippen LogP) is 1.60. The Morgan fingerprint density at radius 1 is 1.13 bits per heavy atom. The molecule has 0 amide bonds. The van der Waals surface area contributed by atoms with Crippen LogP contribution in [0.4, 0.5) is 0 Å². The average molecular weight is 432 g/mol. The van der Waals surface area contributed by atoms with Crippen LogP contribution in [-0.4, -0.2) is 32.2 Å². The fourth-order valence-electron chi connectivity index (χ4n) is 4.32. The van der Waals surface area contributed by atoms with E-state index in [2.05, 4.69) is 5.32 Å². The van der Waals surface area contributed by atoms with Crippen LogP contribution in [0.5, 0.6) is 0 Å². The Morgan fingerprint density at radius 2 is 1.87 bits per heavy atom. The number of hydrogen-bond donors (Lipinski definition) is 1. The van der Waals surface area contributed by atoms with Crippen LogP contribution in [0.2, 0.25) is 5.02 Å². The third-order valence-corrected chi connectivity index (χ3v) is 5.99. The maximum Gasteiger partial charge on any atom is 0.338 e. The Bertz CT molecular complexity index is 1210. The van der Waals surface area contributed by atoms with Gasteiger partial charge in [0.15, 0.2) is 5.42 Å². The van der Waals surface area contributed by atoms with Crippen molar-refractivity contribution in [1.29, 1.82) is 0 Å². The molecule has 0 aliphatic heterocycles. The first-order valence-corrected chi connectivity index (χ1v) is 10.3. The summed E-state index contributed by atoms with van der Waals surface area (Å²) in [6.07, 6.45) is 5.07. The van der Waals surface area contributed by atoms with Gasteiger partial charge in [0, 0.05) is 16.8 Å². The lowest BCUT2D eigenvalue weighted by atomic mass is 9.93. The van der Waals surface area contributed by atoms with Gasteiger partial charge in [-0.3, -0.25) is 9.59 Å². The molecule has 1 saturated carbocycles. The SMILES string of the molecule is COC(=O)C1=c2oc3ccc(Cl)cc3c(=O)c2=C(NC2CCCCC2)C1C(=O)OC. The molecule has 1 atom stereocenters. The van der Waals surface area contributed by atoms with Crippen LogP contribution in [0, 0.1) is 5.92 Å². The highest BCUT2D eigenvalue weighted by atomic mass is 35.5. The molecule has 4 rings (SSSR count). The second-order valence-corrected chi connectivity index (χ2v) is 7.97. The zero-order chi connectivity index (χ0) is 21.4. The molecule has 0 radical (unpaired) electrons. The molecular weight excluding hydrogens is 410 g/mol. The van der Waals surface area contributed by atoms with Gasteiger partial charge in [-0.05, 0) is 31.0 Å². The molecule has 2 aliphatic carbocycles. The second-order valence-electron chi connectivity index (χ2n) is 7.53. The summed E-state index contributed by atoms with van der Waals surface area (Å²) >= 11 is 6.08. The number of esters is 2. The summed E-state index contributed by atoms with van der Waals surface area (Å²) in [6, 6.07) is 4.76. The number of carbonyl (C=O) groups is 2. The molecule has 1 fully saturated rings. The summed E-state index contributed by atoms with van der Waals surface area (Å²) in [5.74, 6) is -2.53. The van der Waals surface area contributed by atoms with Gasteiger partial charge in [0.2, 0.25) is 5.43 Å². The lowest BCUT2D eigenvalue weighted by Gasteiger charge is -2.27. The Kier molecular flexibility index (Phi) is 5.56. The summed E-state index contributed by atoms with van der Waals surface area (Å²) in [4.78, 5) is 38.8. The molecule has 1 heterocycles. The largest absolute Gasteiger partial charge is 0.468 e. The van der Waals surface area contributed by atoms with Crippen molar-refractivity contribution in [3.05, 3.63) is 44.1 Å². The molecule has 1 aromatic carbocycles. The molecule has 7 nitrogen and oxygen atoms in total. The van der Waals surface area contributed by atoms with Gasteiger partial charge in [0.05, 0.1) is 24.8 Å². The molecule has 8 heteroatoms. The molecule has 1 aromatic heterocycles. The van der Waals surface area contributed by atoms with E-state index in [0.717, 1.165) is 32.1 Å².